The molecule has 0 aliphatic carbocycles. The standard InChI is InChI=1S/C18H22IN3O3S/c1-13-5-6-14(2)17(11-13)22(26(24,25)21(3)4)12-18(23)20-16-9-7-15(19)8-10-16/h5-11H,12H2,1-4H3,(H,20,23). The summed E-state index contributed by atoms with van der Waals surface area (Å²) in [6.45, 7) is 3.40. The van der Waals surface area contributed by atoms with Crippen molar-refractivity contribution < 1.29 is 13.2 Å². The highest BCUT2D eigenvalue weighted by Gasteiger charge is 2.28. The number of carbonyl (C=O) groups excluding carboxylic acids is 1. The Bertz CT molecular complexity index is 896. The van der Waals surface area contributed by atoms with Gasteiger partial charge in [-0.1, -0.05) is 12.1 Å². The number of benzene rings is 2. The smallest absolute Gasteiger partial charge is 0.304 e. The lowest BCUT2D eigenvalue weighted by Crippen LogP contribution is -2.44. The van der Waals surface area contributed by atoms with Gasteiger partial charge >= 0.3 is 10.2 Å². The van der Waals surface area contributed by atoms with Crippen LogP contribution in [0.1, 0.15) is 11.1 Å². The fourth-order valence-electron chi connectivity index (χ4n) is 2.34. The van der Waals surface area contributed by atoms with Crippen LogP contribution in [0.5, 0.6) is 0 Å². The quantitative estimate of drug-likeness (QED) is 0.637. The highest BCUT2D eigenvalue weighted by molar-refractivity contribution is 14.1. The molecule has 0 aliphatic heterocycles. The summed E-state index contributed by atoms with van der Waals surface area (Å²) in [6.07, 6.45) is 0. The summed E-state index contributed by atoms with van der Waals surface area (Å²) < 4.78 is 28.9. The second-order valence-corrected chi connectivity index (χ2v) is 9.45. The molecule has 1 amide bonds. The topological polar surface area (TPSA) is 69.7 Å². The molecular weight excluding hydrogens is 465 g/mol. The number of carbonyl (C=O) groups is 1. The minimum Gasteiger partial charge on any atom is -0.325 e. The zero-order valence-electron chi connectivity index (χ0n) is 15.2. The van der Waals surface area contributed by atoms with E-state index in [9.17, 15) is 13.2 Å². The average Bonchev–Trinajstić information content (AvgIpc) is 2.57. The summed E-state index contributed by atoms with van der Waals surface area (Å²) in [5.41, 5.74) is 2.82. The molecule has 26 heavy (non-hydrogen) atoms. The number of rotatable bonds is 6. The van der Waals surface area contributed by atoms with E-state index in [0.29, 0.717) is 11.4 Å². The van der Waals surface area contributed by atoms with Crippen molar-refractivity contribution in [1.29, 1.82) is 0 Å². The van der Waals surface area contributed by atoms with Crippen molar-refractivity contribution in [2.75, 3.05) is 30.3 Å². The first-order chi connectivity index (χ1) is 12.1. The van der Waals surface area contributed by atoms with Gasteiger partial charge in [-0.2, -0.15) is 12.7 Å². The Morgan fingerprint density at radius 1 is 1.08 bits per heavy atom. The van der Waals surface area contributed by atoms with Gasteiger partial charge in [-0.3, -0.25) is 4.79 Å². The van der Waals surface area contributed by atoms with E-state index in [2.05, 4.69) is 27.9 Å². The minimum absolute atomic E-state index is 0.309. The molecule has 1 N–H and O–H groups in total. The van der Waals surface area contributed by atoms with E-state index in [0.717, 1.165) is 23.3 Å². The van der Waals surface area contributed by atoms with Crippen LogP contribution in [0.3, 0.4) is 0 Å². The molecule has 6 nitrogen and oxygen atoms in total. The first-order valence-corrected chi connectivity index (χ1v) is 10.4. The van der Waals surface area contributed by atoms with Crippen LogP contribution in [0.2, 0.25) is 0 Å². The largest absolute Gasteiger partial charge is 0.325 e. The average molecular weight is 487 g/mol. The zero-order valence-corrected chi connectivity index (χ0v) is 18.1. The Hall–Kier alpha value is -1.65. The maximum Gasteiger partial charge on any atom is 0.304 e. The van der Waals surface area contributed by atoms with Crippen LogP contribution in [-0.2, 0) is 15.0 Å². The van der Waals surface area contributed by atoms with E-state index in [1.165, 1.54) is 14.1 Å². The third-order valence-corrected chi connectivity index (χ3v) is 6.31. The number of anilines is 2. The number of nitrogens with one attached hydrogen (secondary N) is 1. The highest BCUT2D eigenvalue weighted by Crippen LogP contribution is 2.25. The SMILES string of the molecule is Cc1ccc(C)c(N(CC(=O)Nc2ccc(I)cc2)S(=O)(=O)N(C)C)c1. The third kappa shape index (κ3) is 4.95. The predicted molar refractivity (Wildman–Crippen MR) is 114 cm³/mol. The van der Waals surface area contributed by atoms with Gasteiger partial charge in [0.1, 0.15) is 6.54 Å². The molecule has 0 aromatic heterocycles. The molecule has 2 aromatic carbocycles. The summed E-state index contributed by atoms with van der Waals surface area (Å²) in [5, 5.41) is 2.75. The van der Waals surface area contributed by atoms with Gasteiger partial charge in [0.05, 0.1) is 5.69 Å². The molecule has 0 fully saturated rings. The summed E-state index contributed by atoms with van der Waals surface area (Å²) in [6, 6.07) is 12.8. The van der Waals surface area contributed by atoms with Gasteiger partial charge in [0, 0.05) is 23.4 Å². The van der Waals surface area contributed by atoms with Crippen LogP contribution in [0.25, 0.3) is 0 Å². The maximum atomic E-state index is 12.8. The first-order valence-electron chi connectivity index (χ1n) is 7.94. The Morgan fingerprint density at radius 2 is 1.69 bits per heavy atom. The van der Waals surface area contributed by atoms with Gasteiger partial charge in [-0.05, 0) is 77.9 Å². The molecule has 0 spiro atoms. The Kier molecular flexibility index (Phi) is 6.64. The van der Waals surface area contributed by atoms with E-state index in [-0.39, 0.29) is 6.54 Å². The van der Waals surface area contributed by atoms with Gasteiger partial charge in [-0.25, -0.2) is 4.31 Å². The second-order valence-electron chi connectivity index (χ2n) is 6.14. The molecular formula is C18H22IN3O3S. The Labute approximate surface area is 168 Å². The number of aryl methyl sites for hydroxylation is 2. The Balaban J connectivity index is 2.34. The van der Waals surface area contributed by atoms with Gasteiger partial charge < -0.3 is 5.32 Å². The minimum atomic E-state index is -3.82. The second kappa shape index (κ2) is 8.36. The van der Waals surface area contributed by atoms with Gasteiger partial charge in [-0.15, -0.1) is 0 Å². The zero-order chi connectivity index (χ0) is 19.5. The summed E-state index contributed by atoms with van der Waals surface area (Å²) >= 11 is 2.18. The van der Waals surface area contributed by atoms with Crippen molar-refractivity contribution in [1.82, 2.24) is 4.31 Å². The number of hydrogen-bond acceptors (Lipinski definition) is 3. The molecule has 0 aliphatic rings. The molecule has 0 heterocycles. The Morgan fingerprint density at radius 3 is 2.27 bits per heavy atom. The van der Waals surface area contributed by atoms with Crippen molar-refractivity contribution in [2.24, 2.45) is 0 Å². The lowest BCUT2D eigenvalue weighted by Gasteiger charge is -2.28. The van der Waals surface area contributed by atoms with Crippen molar-refractivity contribution in [3.8, 4) is 0 Å². The molecule has 0 saturated carbocycles. The van der Waals surface area contributed by atoms with Crippen molar-refractivity contribution in [3.63, 3.8) is 0 Å². The molecule has 0 bridgehead atoms. The first kappa shape index (κ1) is 20.7. The van der Waals surface area contributed by atoms with Crippen molar-refractivity contribution in [3.05, 3.63) is 57.2 Å². The fourth-order valence-corrected chi connectivity index (χ4v) is 3.82. The van der Waals surface area contributed by atoms with Gasteiger partial charge in [0.2, 0.25) is 5.91 Å². The fraction of sp³-hybridized carbons (Fsp3) is 0.278. The number of nitrogens with zero attached hydrogens (tertiary/aromatic N) is 2. The summed E-state index contributed by atoms with van der Waals surface area (Å²) in [5.74, 6) is -0.405. The van der Waals surface area contributed by atoms with Crippen LogP contribution in [-0.4, -0.2) is 39.3 Å². The van der Waals surface area contributed by atoms with E-state index < -0.39 is 16.1 Å². The molecule has 2 rings (SSSR count). The number of hydrogen-bond donors (Lipinski definition) is 1. The molecule has 0 unspecified atom stereocenters. The molecule has 0 atom stereocenters. The summed E-state index contributed by atoms with van der Waals surface area (Å²) in [4.78, 5) is 12.5. The number of halogens is 1. The lowest BCUT2D eigenvalue weighted by molar-refractivity contribution is -0.114. The number of amides is 1. The van der Waals surface area contributed by atoms with Gasteiger partial charge in [0.25, 0.3) is 0 Å². The molecule has 140 valence electrons. The lowest BCUT2D eigenvalue weighted by atomic mass is 10.1. The van der Waals surface area contributed by atoms with Crippen LogP contribution < -0.4 is 9.62 Å². The van der Waals surface area contributed by atoms with Gasteiger partial charge in [0.15, 0.2) is 0 Å². The van der Waals surface area contributed by atoms with E-state index in [1.54, 1.807) is 18.2 Å². The van der Waals surface area contributed by atoms with Crippen LogP contribution in [0.4, 0.5) is 11.4 Å². The normalized spacial score (nSPS) is 11.5. The monoisotopic (exact) mass is 487 g/mol. The molecule has 8 heteroatoms. The van der Waals surface area contributed by atoms with Crippen molar-refractivity contribution >= 4 is 50.1 Å². The van der Waals surface area contributed by atoms with E-state index in [1.807, 2.05) is 38.1 Å². The van der Waals surface area contributed by atoms with Crippen LogP contribution in [0.15, 0.2) is 42.5 Å². The highest BCUT2D eigenvalue weighted by atomic mass is 127. The molecule has 0 saturated heterocycles. The molecule has 0 radical (unpaired) electrons. The van der Waals surface area contributed by atoms with Crippen molar-refractivity contribution in [2.45, 2.75) is 13.8 Å². The van der Waals surface area contributed by atoms with E-state index in [4.69, 9.17) is 0 Å². The maximum absolute atomic E-state index is 12.8. The predicted octanol–water partition coefficient (Wildman–Crippen LogP) is 3.16. The summed E-state index contributed by atoms with van der Waals surface area (Å²) in [7, 11) is -0.923. The van der Waals surface area contributed by atoms with Crippen LogP contribution in [0, 0.1) is 17.4 Å². The van der Waals surface area contributed by atoms with Crippen LogP contribution >= 0.6 is 22.6 Å². The van der Waals surface area contributed by atoms with E-state index >= 15 is 0 Å². The third-order valence-electron chi connectivity index (χ3n) is 3.79. The molecule has 2 aromatic rings.